The zero-order valence-electron chi connectivity index (χ0n) is 11.1. The summed E-state index contributed by atoms with van der Waals surface area (Å²) in [6.45, 7) is 3.64. The molecule has 0 radical (unpaired) electrons. The Kier molecular flexibility index (Phi) is 4.22. The molecule has 0 spiro atoms. The van der Waals surface area contributed by atoms with Crippen LogP contribution in [0, 0.1) is 0 Å². The van der Waals surface area contributed by atoms with Gasteiger partial charge in [0.05, 0.1) is 11.9 Å². The minimum atomic E-state index is -0.197. The third-order valence-corrected chi connectivity index (χ3v) is 2.77. The summed E-state index contributed by atoms with van der Waals surface area (Å²) in [6, 6.07) is 1.55. The molecule has 6 nitrogen and oxygen atoms in total. The summed E-state index contributed by atoms with van der Waals surface area (Å²) in [6.07, 6.45) is 8.53. The highest BCUT2D eigenvalue weighted by atomic mass is 16.1. The molecular weight excluding hydrogens is 242 g/mol. The molecule has 2 aromatic heterocycles. The van der Waals surface area contributed by atoms with E-state index in [4.69, 9.17) is 0 Å². The predicted octanol–water partition coefficient (Wildman–Crippen LogP) is 2.35. The van der Waals surface area contributed by atoms with E-state index in [1.807, 2.05) is 0 Å². The summed E-state index contributed by atoms with van der Waals surface area (Å²) in [5.74, 6) is 0.629. The van der Waals surface area contributed by atoms with Gasteiger partial charge in [0.15, 0.2) is 5.78 Å². The van der Waals surface area contributed by atoms with E-state index in [0.717, 1.165) is 18.5 Å². The SMILES string of the molecule is CCCC(C(C)=O)n1cc(Nc2ncccn2)cn1. The maximum Gasteiger partial charge on any atom is 0.227 e. The number of hydrogen-bond acceptors (Lipinski definition) is 5. The number of Topliss-reactive ketones (excluding diaryl/α,β-unsaturated/α-hetero) is 1. The second kappa shape index (κ2) is 6.08. The van der Waals surface area contributed by atoms with Gasteiger partial charge in [-0.05, 0) is 19.4 Å². The van der Waals surface area contributed by atoms with E-state index in [9.17, 15) is 4.79 Å². The summed E-state index contributed by atoms with van der Waals surface area (Å²) in [7, 11) is 0. The number of nitrogens with one attached hydrogen (secondary N) is 1. The molecule has 2 aromatic rings. The smallest absolute Gasteiger partial charge is 0.227 e. The van der Waals surface area contributed by atoms with Crippen LogP contribution < -0.4 is 5.32 Å². The standard InChI is InChI=1S/C13H17N5O/c1-3-5-12(10(2)19)18-9-11(8-16-18)17-13-14-6-4-7-15-13/h4,6-9,12H,3,5H2,1-2H3,(H,14,15,17). The highest BCUT2D eigenvalue weighted by Gasteiger charge is 2.16. The largest absolute Gasteiger partial charge is 0.321 e. The first-order valence-electron chi connectivity index (χ1n) is 6.29. The summed E-state index contributed by atoms with van der Waals surface area (Å²) in [4.78, 5) is 19.7. The number of carbonyl (C=O) groups is 1. The number of carbonyl (C=O) groups excluding carboxylic acids is 1. The molecule has 0 saturated carbocycles. The van der Waals surface area contributed by atoms with Crippen LogP contribution in [0.1, 0.15) is 32.7 Å². The van der Waals surface area contributed by atoms with Gasteiger partial charge in [-0.1, -0.05) is 13.3 Å². The zero-order chi connectivity index (χ0) is 13.7. The molecule has 0 bridgehead atoms. The molecule has 1 unspecified atom stereocenters. The van der Waals surface area contributed by atoms with Crippen LogP contribution in [0.15, 0.2) is 30.9 Å². The predicted molar refractivity (Wildman–Crippen MR) is 72.2 cm³/mol. The number of rotatable bonds is 6. The molecule has 6 heteroatoms. The molecule has 2 rings (SSSR count). The maximum absolute atomic E-state index is 11.6. The van der Waals surface area contributed by atoms with Crippen molar-refractivity contribution in [3.63, 3.8) is 0 Å². The van der Waals surface area contributed by atoms with Crippen LogP contribution in [-0.4, -0.2) is 25.5 Å². The molecule has 0 aliphatic rings. The molecule has 0 amide bonds. The molecular formula is C13H17N5O. The van der Waals surface area contributed by atoms with E-state index >= 15 is 0 Å². The summed E-state index contributed by atoms with van der Waals surface area (Å²) in [5.41, 5.74) is 0.772. The Balaban J connectivity index is 2.12. The molecule has 0 aliphatic carbocycles. The fourth-order valence-electron chi connectivity index (χ4n) is 1.86. The molecule has 0 aliphatic heterocycles. The molecule has 2 heterocycles. The molecule has 0 fully saturated rings. The van der Waals surface area contributed by atoms with Crippen LogP contribution in [-0.2, 0) is 4.79 Å². The number of ketones is 1. The van der Waals surface area contributed by atoms with Gasteiger partial charge < -0.3 is 5.32 Å². The highest BCUT2D eigenvalue weighted by Crippen LogP contribution is 2.18. The van der Waals surface area contributed by atoms with E-state index in [1.165, 1.54) is 0 Å². The van der Waals surface area contributed by atoms with Crippen molar-refractivity contribution in [1.82, 2.24) is 19.7 Å². The van der Waals surface area contributed by atoms with E-state index in [-0.39, 0.29) is 11.8 Å². The molecule has 1 atom stereocenters. The van der Waals surface area contributed by atoms with Crippen LogP contribution in [0.4, 0.5) is 11.6 Å². The van der Waals surface area contributed by atoms with Crippen LogP contribution in [0.5, 0.6) is 0 Å². The molecule has 0 aromatic carbocycles. The number of aromatic nitrogens is 4. The molecule has 19 heavy (non-hydrogen) atoms. The van der Waals surface area contributed by atoms with Crippen molar-refractivity contribution >= 4 is 17.4 Å². The first-order valence-corrected chi connectivity index (χ1v) is 6.29. The van der Waals surface area contributed by atoms with E-state index in [2.05, 4.69) is 27.3 Å². The molecule has 100 valence electrons. The maximum atomic E-state index is 11.6. The average Bonchev–Trinajstić information content (AvgIpc) is 2.85. The second-order valence-electron chi connectivity index (χ2n) is 4.32. The Hall–Kier alpha value is -2.24. The molecule has 1 N–H and O–H groups in total. The fraction of sp³-hybridized carbons (Fsp3) is 0.385. The normalized spacial score (nSPS) is 12.1. The van der Waals surface area contributed by atoms with Gasteiger partial charge in [-0.2, -0.15) is 5.10 Å². The topological polar surface area (TPSA) is 72.7 Å². The van der Waals surface area contributed by atoms with Crippen molar-refractivity contribution in [3.8, 4) is 0 Å². The number of nitrogens with zero attached hydrogens (tertiary/aromatic N) is 4. The van der Waals surface area contributed by atoms with Crippen LogP contribution in [0.3, 0.4) is 0 Å². The summed E-state index contributed by atoms with van der Waals surface area (Å²) < 4.78 is 1.69. The van der Waals surface area contributed by atoms with Gasteiger partial charge in [0.1, 0.15) is 6.04 Å². The lowest BCUT2D eigenvalue weighted by Gasteiger charge is -2.12. The first kappa shape index (κ1) is 13.2. The van der Waals surface area contributed by atoms with Gasteiger partial charge in [-0.3, -0.25) is 9.48 Å². The third-order valence-electron chi connectivity index (χ3n) is 2.77. The van der Waals surface area contributed by atoms with Crippen molar-refractivity contribution in [2.45, 2.75) is 32.7 Å². The van der Waals surface area contributed by atoms with Crippen molar-refractivity contribution in [2.24, 2.45) is 0 Å². The van der Waals surface area contributed by atoms with Crippen molar-refractivity contribution in [3.05, 3.63) is 30.9 Å². The minimum absolute atomic E-state index is 0.118. The lowest BCUT2D eigenvalue weighted by molar-refractivity contribution is -0.120. The van der Waals surface area contributed by atoms with Crippen molar-refractivity contribution < 1.29 is 4.79 Å². The Morgan fingerprint density at radius 3 is 2.79 bits per heavy atom. The fourth-order valence-corrected chi connectivity index (χ4v) is 1.86. The van der Waals surface area contributed by atoms with Crippen LogP contribution >= 0.6 is 0 Å². The third kappa shape index (κ3) is 3.37. The molecule has 0 saturated heterocycles. The van der Waals surface area contributed by atoms with Crippen LogP contribution in [0.2, 0.25) is 0 Å². The summed E-state index contributed by atoms with van der Waals surface area (Å²) >= 11 is 0. The van der Waals surface area contributed by atoms with E-state index in [1.54, 1.807) is 42.5 Å². The highest BCUT2D eigenvalue weighted by molar-refractivity contribution is 5.79. The van der Waals surface area contributed by atoms with Crippen molar-refractivity contribution in [2.75, 3.05) is 5.32 Å². The lowest BCUT2D eigenvalue weighted by Crippen LogP contribution is -2.17. The number of anilines is 2. The van der Waals surface area contributed by atoms with Gasteiger partial charge in [0.25, 0.3) is 0 Å². The quantitative estimate of drug-likeness (QED) is 0.862. The second-order valence-corrected chi connectivity index (χ2v) is 4.32. The minimum Gasteiger partial charge on any atom is -0.321 e. The first-order chi connectivity index (χ1) is 9.20. The van der Waals surface area contributed by atoms with Gasteiger partial charge in [-0.15, -0.1) is 0 Å². The monoisotopic (exact) mass is 259 g/mol. The number of hydrogen-bond donors (Lipinski definition) is 1. The summed E-state index contributed by atoms with van der Waals surface area (Å²) in [5, 5.41) is 7.27. The lowest BCUT2D eigenvalue weighted by atomic mass is 10.1. The Morgan fingerprint density at radius 2 is 2.16 bits per heavy atom. The van der Waals surface area contributed by atoms with E-state index < -0.39 is 0 Å². The van der Waals surface area contributed by atoms with Gasteiger partial charge in [0, 0.05) is 18.6 Å². The van der Waals surface area contributed by atoms with Crippen LogP contribution in [0.25, 0.3) is 0 Å². The zero-order valence-corrected chi connectivity index (χ0v) is 11.1. The van der Waals surface area contributed by atoms with Gasteiger partial charge in [-0.25, -0.2) is 9.97 Å². The van der Waals surface area contributed by atoms with Gasteiger partial charge >= 0.3 is 0 Å². The van der Waals surface area contributed by atoms with E-state index in [0.29, 0.717) is 5.95 Å². The Labute approximate surface area is 111 Å². The van der Waals surface area contributed by atoms with Crippen molar-refractivity contribution in [1.29, 1.82) is 0 Å². The average molecular weight is 259 g/mol. The van der Waals surface area contributed by atoms with Gasteiger partial charge in [0.2, 0.25) is 5.95 Å². The Bertz CT molecular complexity index is 537. The Morgan fingerprint density at radius 1 is 1.42 bits per heavy atom.